The van der Waals surface area contributed by atoms with Crippen molar-refractivity contribution in [3.8, 4) is 5.75 Å². The van der Waals surface area contributed by atoms with Crippen molar-refractivity contribution in [1.29, 1.82) is 0 Å². The first-order chi connectivity index (χ1) is 14.0. The number of carbonyl (C=O) groups excluding carboxylic acids is 3. The molecule has 2 aromatic carbocycles. The molecule has 0 saturated heterocycles. The number of para-hydroxylation sites is 1. The molecule has 2 amide bonds. The number of nitrogens with zero attached hydrogens (tertiary/aromatic N) is 1. The van der Waals surface area contributed by atoms with E-state index in [1.807, 2.05) is 6.07 Å². The van der Waals surface area contributed by atoms with Gasteiger partial charge in [0.15, 0.2) is 0 Å². The van der Waals surface area contributed by atoms with E-state index < -0.39 is 17.8 Å². The third-order valence-electron chi connectivity index (χ3n) is 4.80. The summed E-state index contributed by atoms with van der Waals surface area (Å²) in [4.78, 5) is 39.7. The zero-order valence-electron chi connectivity index (χ0n) is 16.5. The molecule has 7 nitrogen and oxygen atoms in total. The van der Waals surface area contributed by atoms with Gasteiger partial charge in [-0.15, -0.1) is 0 Å². The Labute approximate surface area is 168 Å². The zero-order chi connectivity index (χ0) is 21.0. The Bertz CT molecular complexity index is 951. The van der Waals surface area contributed by atoms with Gasteiger partial charge in [0.1, 0.15) is 5.75 Å². The molecule has 0 radical (unpaired) electrons. The normalized spacial score (nSPS) is 16.4. The second-order valence-electron chi connectivity index (χ2n) is 6.53. The molecule has 1 aliphatic heterocycles. The Kier molecular flexibility index (Phi) is 5.97. The van der Waals surface area contributed by atoms with Crippen molar-refractivity contribution in [2.45, 2.75) is 13.3 Å². The molecule has 1 aliphatic rings. The molecule has 1 heterocycles. The predicted octanol–water partition coefficient (Wildman–Crippen LogP) is 3.13. The Morgan fingerprint density at radius 1 is 1.03 bits per heavy atom. The summed E-state index contributed by atoms with van der Waals surface area (Å²) in [5.41, 5.74) is 1.72. The van der Waals surface area contributed by atoms with Crippen molar-refractivity contribution in [3.05, 3.63) is 65.9 Å². The Hall–Kier alpha value is -3.61. The summed E-state index contributed by atoms with van der Waals surface area (Å²) in [6.45, 7) is 1.64. The lowest BCUT2D eigenvalue weighted by atomic mass is 9.88. The summed E-state index contributed by atoms with van der Waals surface area (Å²) in [6.07, 6.45) is -0.140. The molecule has 150 valence electrons. The van der Waals surface area contributed by atoms with E-state index in [4.69, 9.17) is 9.47 Å². The number of hydrogen-bond acceptors (Lipinski definition) is 5. The number of esters is 1. The largest absolute Gasteiger partial charge is 0.497 e. The maximum Gasteiger partial charge on any atom is 0.336 e. The highest BCUT2D eigenvalue weighted by atomic mass is 16.5. The minimum atomic E-state index is -0.947. The third kappa shape index (κ3) is 4.13. The molecular weight excluding hydrogens is 372 g/mol. The molecule has 29 heavy (non-hydrogen) atoms. The number of benzene rings is 2. The molecule has 0 bridgehead atoms. The van der Waals surface area contributed by atoms with Crippen LogP contribution >= 0.6 is 0 Å². The van der Waals surface area contributed by atoms with Crippen LogP contribution in [0.4, 0.5) is 11.4 Å². The lowest BCUT2D eigenvalue weighted by Gasteiger charge is -2.33. The SMILES string of the molecule is COC(=O)C1=C(C)N(c2ccccc2)C(=O)CC1C(=O)Nc1ccc(OC)cc1. The maximum absolute atomic E-state index is 12.9. The van der Waals surface area contributed by atoms with E-state index in [0.717, 1.165) is 0 Å². The summed E-state index contributed by atoms with van der Waals surface area (Å²) < 4.78 is 10.0. The average molecular weight is 394 g/mol. The minimum Gasteiger partial charge on any atom is -0.497 e. The number of ether oxygens (including phenoxy) is 2. The molecule has 0 spiro atoms. The van der Waals surface area contributed by atoms with Crippen LogP contribution in [-0.2, 0) is 19.1 Å². The van der Waals surface area contributed by atoms with Crippen LogP contribution in [0.5, 0.6) is 5.75 Å². The van der Waals surface area contributed by atoms with E-state index in [1.54, 1.807) is 62.6 Å². The fraction of sp³-hybridized carbons (Fsp3) is 0.227. The van der Waals surface area contributed by atoms with Gasteiger partial charge in [0, 0.05) is 23.5 Å². The van der Waals surface area contributed by atoms with Crippen LogP contribution in [0.1, 0.15) is 13.3 Å². The highest BCUT2D eigenvalue weighted by Crippen LogP contribution is 2.34. The number of nitrogens with one attached hydrogen (secondary N) is 1. The lowest BCUT2D eigenvalue weighted by Crippen LogP contribution is -2.43. The van der Waals surface area contributed by atoms with E-state index in [0.29, 0.717) is 22.8 Å². The minimum absolute atomic E-state index is 0.140. The van der Waals surface area contributed by atoms with Gasteiger partial charge in [-0.25, -0.2) is 4.79 Å². The number of rotatable bonds is 5. The molecule has 1 unspecified atom stereocenters. The van der Waals surface area contributed by atoms with Crippen LogP contribution in [0.2, 0.25) is 0 Å². The lowest BCUT2D eigenvalue weighted by molar-refractivity contribution is -0.138. The number of allylic oxidation sites excluding steroid dienone is 1. The van der Waals surface area contributed by atoms with Crippen LogP contribution < -0.4 is 15.0 Å². The van der Waals surface area contributed by atoms with Gasteiger partial charge in [-0.05, 0) is 43.3 Å². The van der Waals surface area contributed by atoms with E-state index in [1.165, 1.54) is 12.0 Å². The van der Waals surface area contributed by atoms with E-state index >= 15 is 0 Å². The molecule has 7 heteroatoms. The summed E-state index contributed by atoms with van der Waals surface area (Å²) in [7, 11) is 2.81. The molecule has 3 rings (SSSR count). The first kappa shape index (κ1) is 20.1. The maximum atomic E-state index is 12.9. The van der Waals surface area contributed by atoms with Gasteiger partial charge < -0.3 is 14.8 Å². The van der Waals surface area contributed by atoms with Crippen molar-refractivity contribution in [2.75, 3.05) is 24.4 Å². The highest BCUT2D eigenvalue weighted by molar-refractivity contribution is 6.10. The number of methoxy groups -OCH3 is 2. The van der Waals surface area contributed by atoms with Crippen LogP contribution in [0.3, 0.4) is 0 Å². The second kappa shape index (κ2) is 8.60. The van der Waals surface area contributed by atoms with Gasteiger partial charge in [0.2, 0.25) is 11.8 Å². The van der Waals surface area contributed by atoms with Crippen LogP contribution in [0.15, 0.2) is 65.9 Å². The summed E-state index contributed by atoms with van der Waals surface area (Å²) in [6, 6.07) is 15.8. The van der Waals surface area contributed by atoms with Crippen molar-refractivity contribution in [1.82, 2.24) is 0 Å². The molecule has 0 aliphatic carbocycles. The standard InChI is InChI=1S/C22H22N2O5/c1-14-20(22(27)29-3)18(13-19(25)24(14)16-7-5-4-6-8-16)21(26)23-15-9-11-17(28-2)12-10-15/h4-12,18H,13H2,1-3H3,(H,23,26). The van der Waals surface area contributed by atoms with Gasteiger partial charge in [0.05, 0.1) is 25.7 Å². The Morgan fingerprint density at radius 3 is 2.28 bits per heavy atom. The van der Waals surface area contributed by atoms with Gasteiger partial charge in [0.25, 0.3) is 0 Å². The zero-order valence-corrected chi connectivity index (χ0v) is 16.5. The van der Waals surface area contributed by atoms with Crippen molar-refractivity contribution < 1.29 is 23.9 Å². The topological polar surface area (TPSA) is 84.9 Å². The number of amides is 2. The third-order valence-corrected chi connectivity index (χ3v) is 4.80. The average Bonchev–Trinajstić information content (AvgIpc) is 2.74. The smallest absolute Gasteiger partial charge is 0.336 e. The van der Waals surface area contributed by atoms with Crippen molar-refractivity contribution >= 4 is 29.2 Å². The molecule has 1 atom stereocenters. The van der Waals surface area contributed by atoms with Gasteiger partial charge in [-0.3, -0.25) is 14.5 Å². The van der Waals surface area contributed by atoms with Gasteiger partial charge in [-0.2, -0.15) is 0 Å². The first-order valence-electron chi connectivity index (χ1n) is 9.08. The Balaban J connectivity index is 1.94. The molecule has 0 fully saturated rings. The van der Waals surface area contributed by atoms with Gasteiger partial charge in [-0.1, -0.05) is 18.2 Å². The van der Waals surface area contributed by atoms with Crippen LogP contribution in [0.25, 0.3) is 0 Å². The van der Waals surface area contributed by atoms with E-state index in [2.05, 4.69) is 5.32 Å². The predicted molar refractivity (Wildman–Crippen MR) is 108 cm³/mol. The second-order valence-corrected chi connectivity index (χ2v) is 6.53. The van der Waals surface area contributed by atoms with E-state index in [9.17, 15) is 14.4 Å². The Morgan fingerprint density at radius 2 is 1.69 bits per heavy atom. The summed E-state index contributed by atoms with van der Waals surface area (Å²) in [5, 5.41) is 2.76. The molecule has 0 saturated carbocycles. The van der Waals surface area contributed by atoms with Crippen molar-refractivity contribution in [3.63, 3.8) is 0 Å². The number of hydrogen-bond donors (Lipinski definition) is 1. The number of anilines is 2. The first-order valence-corrected chi connectivity index (χ1v) is 9.08. The molecule has 0 aromatic heterocycles. The van der Waals surface area contributed by atoms with E-state index in [-0.39, 0.29) is 17.9 Å². The molecule has 1 N–H and O–H groups in total. The quantitative estimate of drug-likeness (QED) is 0.788. The monoisotopic (exact) mass is 394 g/mol. The fourth-order valence-electron chi connectivity index (χ4n) is 3.37. The van der Waals surface area contributed by atoms with Crippen LogP contribution in [-0.4, -0.2) is 32.0 Å². The van der Waals surface area contributed by atoms with Crippen molar-refractivity contribution in [2.24, 2.45) is 5.92 Å². The summed E-state index contributed by atoms with van der Waals surface area (Å²) >= 11 is 0. The van der Waals surface area contributed by atoms with Gasteiger partial charge >= 0.3 is 5.97 Å². The molecule has 2 aromatic rings. The summed E-state index contributed by atoms with van der Waals surface area (Å²) in [5.74, 6) is -1.64. The molecular formula is C22H22N2O5. The van der Waals surface area contributed by atoms with Crippen LogP contribution in [0, 0.1) is 5.92 Å². The highest BCUT2D eigenvalue weighted by Gasteiger charge is 2.40. The fourth-order valence-corrected chi connectivity index (χ4v) is 3.37. The number of carbonyl (C=O) groups is 3.